The molecule has 1 aliphatic heterocycles. The Morgan fingerprint density at radius 2 is 2.38 bits per heavy atom. The van der Waals surface area contributed by atoms with Gasteiger partial charge < -0.3 is 5.32 Å². The Hall–Kier alpha value is -0.140. The number of carbonyl (C=O) groups excluding carboxylic acids is 1. The molecule has 0 aliphatic carbocycles. The van der Waals surface area contributed by atoms with Gasteiger partial charge in [-0.15, -0.1) is 0 Å². The summed E-state index contributed by atoms with van der Waals surface area (Å²) in [6.07, 6.45) is 2.50. The van der Waals surface area contributed by atoms with Gasteiger partial charge in [0.2, 0.25) is 5.91 Å². The fourth-order valence-corrected chi connectivity index (χ4v) is 3.52. The van der Waals surface area contributed by atoms with E-state index in [0.717, 1.165) is 17.9 Å². The van der Waals surface area contributed by atoms with Gasteiger partial charge in [-0.25, -0.2) is 9.97 Å². The van der Waals surface area contributed by atoms with Crippen LogP contribution in [0, 0.1) is 5.92 Å². The van der Waals surface area contributed by atoms with Crippen LogP contribution in [-0.4, -0.2) is 27.4 Å². The molecule has 1 aromatic heterocycles. The number of aromatic nitrogens is 2. The van der Waals surface area contributed by atoms with E-state index in [1.54, 1.807) is 6.20 Å². The number of anilines is 1. The lowest BCUT2D eigenvalue weighted by atomic mass is 10.1. The van der Waals surface area contributed by atoms with E-state index in [1.807, 2.05) is 11.8 Å². The van der Waals surface area contributed by atoms with Crippen LogP contribution < -0.4 is 5.32 Å². The fraction of sp³-hybridized carbons (Fsp3) is 0.444. The summed E-state index contributed by atoms with van der Waals surface area (Å²) >= 11 is 8.28. The highest BCUT2D eigenvalue weighted by molar-refractivity contribution is 9.11. The van der Waals surface area contributed by atoms with Crippen LogP contribution in [0.1, 0.15) is 6.42 Å². The standard InChI is InChI=1S/C9H9Br2N3OS/c10-6-3-12-8(7(11)13-6)14-9(15)5-1-2-16-4-5/h3,5H,1-2,4H2,(H,12,14,15). The molecule has 1 unspecified atom stereocenters. The van der Waals surface area contributed by atoms with Gasteiger partial charge in [0.15, 0.2) is 5.82 Å². The van der Waals surface area contributed by atoms with Crippen LogP contribution >= 0.6 is 43.6 Å². The first-order chi connectivity index (χ1) is 7.66. The van der Waals surface area contributed by atoms with Gasteiger partial charge in [0, 0.05) is 11.7 Å². The molecule has 1 N–H and O–H groups in total. The maximum absolute atomic E-state index is 11.8. The van der Waals surface area contributed by atoms with Crippen molar-refractivity contribution in [3.8, 4) is 0 Å². The second-order valence-corrected chi connectivity index (χ2v) is 6.10. The normalized spacial score (nSPS) is 19.8. The van der Waals surface area contributed by atoms with Crippen molar-refractivity contribution < 1.29 is 4.79 Å². The molecule has 86 valence electrons. The molecule has 0 bridgehead atoms. The Balaban J connectivity index is 2.05. The zero-order valence-electron chi connectivity index (χ0n) is 8.24. The summed E-state index contributed by atoms with van der Waals surface area (Å²) in [6, 6.07) is 0. The van der Waals surface area contributed by atoms with E-state index in [0.29, 0.717) is 15.0 Å². The van der Waals surface area contributed by atoms with E-state index in [2.05, 4.69) is 47.1 Å². The lowest BCUT2D eigenvalue weighted by Crippen LogP contribution is -2.23. The van der Waals surface area contributed by atoms with Crippen molar-refractivity contribution in [2.24, 2.45) is 5.92 Å². The number of carbonyl (C=O) groups is 1. The zero-order chi connectivity index (χ0) is 11.5. The molecule has 1 fully saturated rings. The van der Waals surface area contributed by atoms with Gasteiger partial charge in [-0.05, 0) is 44.0 Å². The largest absolute Gasteiger partial charge is 0.308 e. The van der Waals surface area contributed by atoms with Crippen molar-refractivity contribution in [3.63, 3.8) is 0 Å². The summed E-state index contributed by atoms with van der Waals surface area (Å²) in [5, 5.41) is 2.79. The average molecular weight is 367 g/mol. The first kappa shape index (κ1) is 12.3. The van der Waals surface area contributed by atoms with Crippen LogP contribution in [0.25, 0.3) is 0 Å². The first-order valence-electron chi connectivity index (χ1n) is 4.73. The Labute approximate surface area is 114 Å². The van der Waals surface area contributed by atoms with Gasteiger partial charge in [0.1, 0.15) is 9.21 Å². The van der Waals surface area contributed by atoms with Gasteiger partial charge in [-0.2, -0.15) is 11.8 Å². The maximum atomic E-state index is 11.8. The number of rotatable bonds is 2. The highest BCUT2D eigenvalue weighted by Crippen LogP contribution is 2.26. The smallest absolute Gasteiger partial charge is 0.229 e. The molecule has 16 heavy (non-hydrogen) atoms. The molecule has 0 radical (unpaired) electrons. The lowest BCUT2D eigenvalue weighted by molar-refractivity contribution is -0.119. The third-order valence-corrected chi connectivity index (χ3v) is 4.34. The predicted molar refractivity (Wildman–Crippen MR) is 71.5 cm³/mol. The number of hydrogen-bond donors (Lipinski definition) is 1. The molecular weight excluding hydrogens is 358 g/mol. The molecule has 0 spiro atoms. The minimum Gasteiger partial charge on any atom is -0.308 e. The third-order valence-electron chi connectivity index (χ3n) is 2.24. The Morgan fingerprint density at radius 3 is 3.00 bits per heavy atom. The van der Waals surface area contributed by atoms with Gasteiger partial charge in [-0.3, -0.25) is 4.79 Å². The molecule has 1 amide bonds. The zero-order valence-corrected chi connectivity index (χ0v) is 12.2. The number of amides is 1. The van der Waals surface area contributed by atoms with Gasteiger partial charge in [-0.1, -0.05) is 0 Å². The number of thioether (sulfide) groups is 1. The Bertz CT molecular complexity index is 410. The summed E-state index contributed by atoms with van der Waals surface area (Å²) in [6.45, 7) is 0. The molecule has 1 saturated heterocycles. The molecule has 1 aromatic rings. The van der Waals surface area contributed by atoms with E-state index in [1.165, 1.54) is 0 Å². The first-order valence-corrected chi connectivity index (χ1v) is 7.47. The van der Waals surface area contributed by atoms with Crippen molar-refractivity contribution >= 4 is 55.3 Å². The van der Waals surface area contributed by atoms with Gasteiger partial charge in [0.05, 0.1) is 6.20 Å². The second-order valence-electron chi connectivity index (χ2n) is 3.38. The van der Waals surface area contributed by atoms with E-state index in [9.17, 15) is 4.79 Å². The van der Waals surface area contributed by atoms with E-state index in [-0.39, 0.29) is 11.8 Å². The molecule has 0 aromatic carbocycles. The van der Waals surface area contributed by atoms with Crippen molar-refractivity contribution in [2.75, 3.05) is 16.8 Å². The number of nitrogens with one attached hydrogen (secondary N) is 1. The van der Waals surface area contributed by atoms with Crippen molar-refractivity contribution in [1.82, 2.24) is 9.97 Å². The monoisotopic (exact) mass is 365 g/mol. The Morgan fingerprint density at radius 1 is 1.56 bits per heavy atom. The topological polar surface area (TPSA) is 54.9 Å². The van der Waals surface area contributed by atoms with Crippen LogP contribution in [0.3, 0.4) is 0 Å². The lowest BCUT2D eigenvalue weighted by Gasteiger charge is -2.09. The Kier molecular flexibility index (Phi) is 4.21. The minimum absolute atomic E-state index is 0.0299. The van der Waals surface area contributed by atoms with Crippen LogP contribution in [-0.2, 0) is 4.79 Å². The van der Waals surface area contributed by atoms with E-state index in [4.69, 9.17) is 0 Å². The average Bonchev–Trinajstić information content (AvgIpc) is 2.75. The maximum Gasteiger partial charge on any atom is 0.229 e. The molecule has 2 heterocycles. The summed E-state index contributed by atoms with van der Waals surface area (Å²) in [5.41, 5.74) is 0. The number of halogens is 2. The van der Waals surface area contributed by atoms with Crippen LogP contribution in [0.2, 0.25) is 0 Å². The van der Waals surface area contributed by atoms with Crippen molar-refractivity contribution in [2.45, 2.75) is 6.42 Å². The van der Waals surface area contributed by atoms with Crippen molar-refractivity contribution in [3.05, 3.63) is 15.4 Å². The molecule has 1 atom stereocenters. The predicted octanol–water partition coefficient (Wildman–Crippen LogP) is 2.69. The molecule has 1 aliphatic rings. The molecule has 2 rings (SSSR count). The third kappa shape index (κ3) is 2.95. The number of hydrogen-bond acceptors (Lipinski definition) is 4. The van der Waals surface area contributed by atoms with Crippen LogP contribution in [0.15, 0.2) is 15.4 Å². The molecule has 4 nitrogen and oxygen atoms in total. The highest BCUT2D eigenvalue weighted by atomic mass is 79.9. The van der Waals surface area contributed by atoms with Gasteiger partial charge >= 0.3 is 0 Å². The number of nitrogens with zero attached hydrogens (tertiary/aromatic N) is 2. The van der Waals surface area contributed by atoms with Crippen molar-refractivity contribution in [1.29, 1.82) is 0 Å². The van der Waals surface area contributed by atoms with Crippen LogP contribution in [0.4, 0.5) is 5.82 Å². The quantitative estimate of drug-likeness (QED) is 0.874. The molecule has 7 heteroatoms. The van der Waals surface area contributed by atoms with E-state index < -0.39 is 0 Å². The summed E-state index contributed by atoms with van der Waals surface area (Å²) in [5.74, 6) is 2.56. The van der Waals surface area contributed by atoms with E-state index >= 15 is 0 Å². The summed E-state index contributed by atoms with van der Waals surface area (Å²) in [7, 11) is 0. The second kappa shape index (κ2) is 5.46. The highest BCUT2D eigenvalue weighted by Gasteiger charge is 2.24. The van der Waals surface area contributed by atoms with Gasteiger partial charge in [0.25, 0.3) is 0 Å². The summed E-state index contributed by atoms with van der Waals surface area (Å²) < 4.78 is 1.18. The summed E-state index contributed by atoms with van der Waals surface area (Å²) in [4.78, 5) is 20.0. The minimum atomic E-state index is 0.0299. The fourth-order valence-electron chi connectivity index (χ4n) is 1.39. The molecular formula is C9H9Br2N3OS. The molecule has 0 saturated carbocycles. The SMILES string of the molecule is O=C(Nc1ncc(Br)nc1Br)C1CCSC1. The van der Waals surface area contributed by atoms with Crippen LogP contribution in [0.5, 0.6) is 0 Å².